The maximum absolute atomic E-state index is 13.4. The summed E-state index contributed by atoms with van der Waals surface area (Å²) in [6.07, 6.45) is 15.2. The molecule has 4 rings (SSSR count). The van der Waals surface area contributed by atoms with Gasteiger partial charge in [0.1, 0.15) is 5.82 Å². The highest BCUT2D eigenvalue weighted by Crippen LogP contribution is 2.38. The maximum atomic E-state index is 13.4. The smallest absolute Gasteiger partial charge is 0.123 e. The van der Waals surface area contributed by atoms with E-state index in [4.69, 9.17) is 0 Å². The first kappa shape index (κ1) is 19.4. The fourth-order valence-corrected chi connectivity index (χ4v) is 5.12. The quantitative estimate of drug-likeness (QED) is 0.450. The van der Waals surface area contributed by atoms with Crippen molar-refractivity contribution in [2.45, 2.75) is 77.0 Å². The van der Waals surface area contributed by atoms with E-state index in [1.807, 2.05) is 6.07 Å². The van der Waals surface area contributed by atoms with Crippen LogP contribution >= 0.6 is 0 Å². The first-order chi connectivity index (χ1) is 13.7. The van der Waals surface area contributed by atoms with E-state index in [9.17, 15) is 4.39 Å². The van der Waals surface area contributed by atoms with Gasteiger partial charge in [-0.3, -0.25) is 0 Å². The van der Waals surface area contributed by atoms with Crippen LogP contribution in [0.4, 0.5) is 4.39 Å². The van der Waals surface area contributed by atoms with Crippen LogP contribution in [-0.4, -0.2) is 0 Å². The zero-order chi connectivity index (χ0) is 19.3. The molecule has 1 heteroatoms. The second kappa shape index (κ2) is 9.07. The number of hydrogen-bond donors (Lipinski definition) is 0. The summed E-state index contributed by atoms with van der Waals surface area (Å²) in [5.41, 5.74) is 6.63. The second-order valence-corrected chi connectivity index (χ2v) is 8.86. The Balaban J connectivity index is 1.35. The van der Waals surface area contributed by atoms with Crippen LogP contribution < -0.4 is 0 Å². The minimum atomic E-state index is -0.125. The van der Waals surface area contributed by atoms with Gasteiger partial charge < -0.3 is 0 Å². The highest BCUT2D eigenvalue weighted by atomic mass is 19.1. The molecule has 0 bridgehead atoms. The fraction of sp³-hybridized carbons (Fsp3) is 0.481. The minimum absolute atomic E-state index is 0.125. The molecule has 2 aromatic carbocycles. The van der Waals surface area contributed by atoms with Crippen molar-refractivity contribution >= 4 is 5.57 Å². The third-order valence-electron chi connectivity index (χ3n) is 6.93. The predicted molar refractivity (Wildman–Crippen MR) is 117 cm³/mol. The Kier molecular flexibility index (Phi) is 6.29. The topological polar surface area (TPSA) is 0 Å². The maximum Gasteiger partial charge on any atom is 0.123 e. The van der Waals surface area contributed by atoms with E-state index < -0.39 is 0 Å². The Morgan fingerprint density at radius 2 is 1.68 bits per heavy atom. The minimum Gasteiger partial charge on any atom is -0.207 e. The van der Waals surface area contributed by atoms with Gasteiger partial charge in [-0.05, 0) is 90.3 Å². The van der Waals surface area contributed by atoms with Crippen molar-refractivity contribution in [1.29, 1.82) is 0 Å². The SMILES string of the molecule is CCCCCC1CCC(c2ccc(C3=CCc4cc(F)ccc4C3)cc2)CC1. The second-order valence-electron chi connectivity index (χ2n) is 8.86. The van der Waals surface area contributed by atoms with Gasteiger partial charge in [0.05, 0.1) is 0 Å². The van der Waals surface area contributed by atoms with E-state index in [-0.39, 0.29) is 5.82 Å². The van der Waals surface area contributed by atoms with Crippen molar-refractivity contribution in [3.05, 3.63) is 76.6 Å². The van der Waals surface area contributed by atoms with Crippen LogP contribution in [0.2, 0.25) is 0 Å². The molecule has 0 saturated heterocycles. The van der Waals surface area contributed by atoms with Crippen LogP contribution in [0.25, 0.3) is 5.57 Å². The standard InChI is InChI=1S/C27H33F/c1-2-3-4-5-20-6-8-21(9-7-20)22-10-12-23(13-11-22)24-14-15-26-19-27(28)17-16-25(26)18-24/h10-14,16-17,19-21H,2-9,15,18H2,1H3. The van der Waals surface area contributed by atoms with Crippen molar-refractivity contribution in [1.82, 2.24) is 0 Å². The molecule has 0 nitrogen and oxygen atoms in total. The highest BCUT2D eigenvalue weighted by Gasteiger charge is 2.22. The molecule has 2 aromatic rings. The molecule has 28 heavy (non-hydrogen) atoms. The van der Waals surface area contributed by atoms with Gasteiger partial charge in [0.25, 0.3) is 0 Å². The Labute approximate surface area is 169 Å². The summed E-state index contributed by atoms with van der Waals surface area (Å²) in [7, 11) is 0. The Morgan fingerprint density at radius 3 is 2.43 bits per heavy atom. The molecule has 0 aromatic heterocycles. The van der Waals surface area contributed by atoms with Crippen LogP contribution in [0.3, 0.4) is 0 Å². The zero-order valence-corrected chi connectivity index (χ0v) is 17.2. The molecule has 0 aliphatic heterocycles. The Morgan fingerprint density at radius 1 is 0.893 bits per heavy atom. The normalized spacial score (nSPS) is 21.9. The van der Waals surface area contributed by atoms with Gasteiger partial charge in [0.2, 0.25) is 0 Å². The van der Waals surface area contributed by atoms with Crippen LogP contribution in [0, 0.1) is 11.7 Å². The average Bonchev–Trinajstić information content (AvgIpc) is 2.74. The summed E-state index contributed by atoms with van der Waals surface area (Å²) in [6.45, 7) is 2.29. The van der Waals surface area contributed by atoms with Crippen molar-refractivity contribution in [2.24, 2.45) is 5.92 Å². The monoisotopic (exact) mass is 376 g/mol. The van der Waals surface area contributed by atoms with Gasteiger partial charge in [-0.1, -0.05) is 69.0 Å². The number of allylic oxidation sites excluding steroid dienone is 2. The van der Waals surface area contributed by atoms with Crippen molar-refractivity contribution in [3.63, 3.8) is 0 Å². The number of halogens is 1. The van der Waals surface area contributed by atoms with Crippen LogP contribution in [-0.2, 0) is 12.8 Å². The molecule has 1 saturated carbocycles. The molecule has 148 valence electrons. The van der Waals surface area contributed by atoms with Gasteiger partial charge in [-0.15, -0.1) is 0 Å². The number of rotatable bonds is 6. The molecule has 0 atom stereocenters. The van der Waals surface area contributed by atoms with Crippen molar-refractivity contribution in [3.8, 4) is 0 Å². The number of hydrogen-bond acceptors (Lipinski definition) is 0. The van der Waals surface area contributed by atoms with E-state index >= 15 is 0 Å². The van der Waals surface area contributed by atoms with Crippen molar-refractivity contribution < 1.29 is 4.39 Å². The fourth-order valence-electron chi connectivity index (χ4n) is 5.12. The largest absolute Gasteiger partial charge is 0.207 e. The van der Waals surface area contributed by atoms with Gasteiger partial charge >= 0.3 is 0 Å². The summed E-state index contributed by atoms with van der Waals surface area (Å²) in [6, 6.07) is 14.6. The van der Waals surface area contributed by atoms with E-state index in [1.165, 1.54) is 73.6 Å². The van der Waals surface area contributed by atoms with E-state index in [1.54, 1.807) is 12.1 Å². The molecular formula is C27H33F. The zero-order valence-electron chi connectivity index (χ0n) is 17.2. The van der Waals surface area contributed by atoms with Crippen LogP contribution in [0.1, 0.15) is 86.5 Å². The summed E-state index contributed by atoms with van der Waals surface area (Å²) in [4.78, 5) is 0. The lowest BCUT2D eigenvalue weighted by Gasteiger charge is -2.29. The lowest BCUT2D eigenvalue weighted by molar-refractivity contribution is 0.303. The molecule has 0 unspecified atom stereocenters. The molecule has 1 fully saturated rings. The number of benzene rings is 2. The van der Waals surface area contributed by atoms with Crippen LogP contribution in [0.15, 0.2) is 48.5 Å². The van der Waals surface area contributed by atoms with Crippen LogP contribution in [0.5, 0.6) is 0 Å². The van der Waals surface area contributed by atoms with Gasteiger partial charge in [0.15, 0.2) is 0 Å². The third kappa shape index (κ3) is 4.57. The molecule has 0 radical (unpaired) electrons. The number of fused-ring (bicyclic) bond motifs is 1. The first-order valence-corrected chi connectivity index (χ1v) is 11.3. The molecule has 0 amide bonds. The number of unbranched alkanes of at least 4 members (excludes halogenated alkanes) is 2. The summed E-state index contributed by atoms with van der Waals surface area (Å²) in [5.74, 6) is 1.60. The summed E-state index contributed by atoms with van der Waals surface area (Å²) >= 11 is 0. The molecule has 2 aliphatic rings. The van der Waals surface area contributed by atoms with Gasteiger partial charge in [-0.2, -0.15) is 0 Å². The Bertz CT molecular complexity index is 807. The van der Waals surface area contributed by atoms with E-state index in [0.717, 1.165) is 30.2 Å². The third-order valence-corrected chi connectivity index (χ3v) is 6.93. The molecule has 0 spiro atoms. The lowest BCUT2D eigenvalue weighted by Crippen LogP contribution is -2.13. The molecule has 2 aliphatic carbocycles. The molecular weight excluding hydrogens is 343 g/mol. The molecule has 0 heterocycles. The van der Waals surface area contributed by atoms with Gasteiger partial charge in [0, 0.05) is 0 Å². The van der Waals surface area contributed by atoms with E-state index in [0.29, 0.717) is 0 Å². The Hall–Kier alpha value is -1.89. The van der Waals surface area contributed by atoms with E-state index in [2.05, 4.69) is 37.3 Å². The van der Waals surface area contributed by atoms with Crippen molar-refractivity contribution in [2.75, 3.05) is 0 Å². The average molecular weight is 377 g/mol. The molecule has 0 N–H and O–H groups in total. The summed E-state index contributed by atoms with van der Waals surface area (Å²) < 4.78 is 13.4. The first-order valence-electron chi connectivity index (χ1n) is 11.3. The summed E-state index contributed by atoms with van der Waals surface area (Å²) in [5, 5.41) is 0. The lowest BCUT2D eigenvalue weighted by atomic mass is 9.76. The van der Waals surface area contributed by atoms with Gasteiger partial charge in [-0.25, -0.2) is 4.39 Å². The predicted octanol–water partition coefficient (Wildman–Crippen LogP) is 7.86. The highest BCUT2D eigenvalue weighted by molar-refractivity contribution is 5.70.